The summed E-state index contributed by atoms with van der Waals surface area (Å²) in [5.74, 6) is 0. The van der Waals surface area contributed by atoms with E-state index in [9.17, 15) is 0 Å². The summed E-state index contributed by atoms with van der Waals surface area (Å²) in [7, 11) is -0.165. The molecule has 2 heteroatoms. The van der Waals surface area contributed by atoms with Crippen molar-refractivity contribution < 1.29 is 0 Å². The largest absolute Gasteiger partial charge is 0.247 e. The van der Waals surface area contributed by atoms with Gasteiger partial charge in [0.2, 0.25) is 0 Å². The van der Waals surface area contributed by atoms with Crippen molar-refractivity contribution in [2.75, 3.05) is 6.26 Å². The van der Waals surface area contributed by atoms with E-state index < -0.39 is 0 Å². The molecule has 1 heterocycles. The standard InChI is InChI=1S/C13H13NS/c1-9-14-13-11-6-4-3-5-10(11)7-8-12(13)15(9)2/h3-8,15H,1-2H3. The number of fused-ring (bicyclic) bond motifs is 3. The molecule has 2 aromatic rings. The van der Waals surface area contributed by atoms with Gasteiger partial charge in [0.15, 0.2) is 0 Å². The van der Waals surface area contributed by atoms with Crippen LogP contribution in [0.15, 0.2) is 46.3 Å². The first kappa shape index (κ1) is 8.98. The van der Waals surface area contributed by atoms with E-state index in [1.165, 1.54) is 26.4 Å². The Morgan fingerprint density at radius 2 is 1.87 bits per heavy atom. The van der Waals surface area contributed by atoms with Crippen LogP contribution in [0.25, 0.3) is 10.8 Å². The van der Waals surface area contributed by atoms with Crippen molar-refractivity contribution in [1.82, 2.24) is 0 Å². The first-order valence-electron chi connectivity index (χ1n) is 5.08. The van der Waals surface area contributed by atoms with Gasteiger partial charge in [-0.25, -0.2) is 4.99 Å². The Morgan fingerprint density at radius 1 is 1.07 bits per heavy atom. The van der Waals surface area contributed by atoms with Gasteiger partial charge in [0, 0.05) is 10.3 Å². The third-order valence-electron chi connectivity index (χ3n) is 3.00. The van der Waals surface area contributed by atoms with Gasteiger partial charge in [-0.2, -0.15) is 10.9 Å². The molecule has 1 atom stereocenters. The molecule has 0 bridgehead atoms. The van der Waals surface area contributed by atoms with Gasteiger partial charge in [0.05, 0.1) is 10.7 Å². The van der Waals surface area contributed by atoms with Gasteiger partial charge in [0.1, 0.15) is 0 Å². The lowest BCUT2D eigenvalue weighted by atomic mass is 10.1. The Hall–Kier alpha value is -1.28. The molecule has 0 aromatic heterocycles. The first-order valence-corrected chi connectivity index (χ1v) is 6.87. The number of aliphatic imine (C=N–C) groups is 1. The van der Waals surface area contributed by atoms with Crippen LogP contribution in [0.3, 0.4) is 0 Å². The van der Waals surface area contributed by atoms with Crippen molar-refractivity contribution in [2.45, 2.75) is 11.8 Å². The van der Waals surface area contributed by atoms with Crippen LogP contribution in [-0.4, -0.2) is 11.3 Å². The van der Waals surface area contributed by atoms with Crippen LogP contribution in [0.4, 0.5) is 5.69 Å². The predicted octanol–water partition coefficient (Wildman–Crippen LogP) is 3.89. The van der Waals surface area contributed by atoms with Crippen LogP contribution >= 0.6 is 10.9 Å². The van der Waals surface area contributed by atoms with E-state index in [1.54, 1.807) is 0 Å². The van der Waals surface area contributed by atoms with Crippen LogP contribution in [-0.2, 0) is 0 Å². The quantitative estimate of drug-likeness (QED) is 0.640. The van der Waals surface area contributed by atoms with Gasteiger partial charge >= 0.3 is 0 Å². The third kappa shape index (κ3) is 1.21. The van der Waals surface area contributed by atoms with Crippen molar-refractivity contribution in [3.8, 4) is 0 Å². The molecule has 0 amide bonds. The molecule has 15 heavy (non-hydrogen) atoms. The van der Waals surface area contributed by atoms with E-state index in [1.807, 2.05) is 0 Å². The second-order valence-corrected chi connectivity index (χ2v) is 6.12. The number of hydrogen-bond acceptors (Lipinski definition) is 1. The summed E-state index contributed by atoms with van der Waals surface area (Å²) in [4.78, 5) is 6.14. The lowest BCUT2D eigenvalue weighted by Gasteiger charge is -2.10. The fourth-order valence-corrected chi connectivity index (χ4v) is 3.43. The van der Waals surface area contributed by atoms with E-state index in [0.717, 1.165) is 0 Å². The van der Waals surface area contributed by atoms with Crippen molar-refractivity contribution in [1.29, 1.82) is 0 Å². The molecule has 1 nitrogen and oxygen atoms in total. The summed E-state index contributed by atoms with van der Waals surface area (Å²) >= 11 is 0. The monoisotopic (exact) mass is 215 g/mol. The molecule has 0 saturated carbocycles. The van der Waals surface area contributed by atoms with E-state index >= 15 is 0 Å². The van der Waals surface area contributed by atoms with Crippen molar-refractivity contribution in [3.63, 3.8) is 0 Å². The van der Waals surface area contributed by atoms with E-state index in [2.05, 4.69) is 49.6 Å². The van der Waals surface area contributed by atoms with Gasteiger partial charge in [-0.3, -0.25) is 0 Å². The molecule has 0 saturated heterocycles. The normalized spacial score (nSPS) is 21.5. The van der Waals surface area contributed by atoms with Crippen LogP contribution in [0.1, 0.15) is 6.92 Å². The van der Waals surface area contributed by atoms with Crippen LogP contribution in [0.5, 0.6) is 0 Å². The number of thiol groups is 1. The van der Waals surface area contributed by atoms with E-state index in [4.69, 9.17) is 4.99 Å². The highest BCUT2D eigenvalue weighted by atomic mass is 32.2. The molecule has 0 radical (unpaired) electrons. The lowest BCUT2D eigenvalue weighted by Crippen LogP contribution is -1.84. The van der Waals surface area contributed by atoms with Gasteiger partial charge in [-0.15, -0.1) is 0 Å². The zero-order valence-electron chi connectivity index (χ0n) is 8.86. The number of nitrogens with zero attached hydrogens (tertiary/aromatic N) is 1. The highest BCUT2D eigenvalue weighted by Crippen LogP contribution is 2.49. The van der Waals surface area contributed by atoms with E-state index in [0.29, 0.717) is 0 Å². The van der Waals surface area contributed by atoms with Crippen molar-refractivity contribution in [3.05, 3.63) is 36.4 Å². The second-order valence-electron chi connectivity index (χ2n) is 3.87. The minimum Gasteiger partial charge on any atom is -0.247 e. The van der Waals surface area contributed by atoms with Crippen LogP contribution in [0, 0.1) is 0 Å². The zero-order valence-corrected chi connectivity index (χ0v) is 9.75. The maximum absolute atomic E-state index is 4.71. The summed E-state index contributed by atoms with van der Waals surface area (Å²) in [6, 6.07) is 12.9. The first-order chi connectivity index (χ1) is 7.27. The molecule has 3 rings (SSSR count). The topological polar surface area (TPSA) is 12.4 Å². The molecule has 1 aliphatic rings. The van der Waals surface area contributed by atoms with E-state index in [-0.39, 0.29) is 10.9 Å². The molecule has 0 spiro atoms. The molecule has 1 unspecified atom stereocenters. The number of rotatable bonds is 0. The summed E-state index contributed by atoms with van der Waals surface area (Å²) in [5, 5.41) is 3.87. The van der Waals surface area contributed by atoms with Gasteiger partial charge in [0.25, 0.3) is 0 Å². The molecule has 2 aromatic carbocycles. The molecular weight excluding hydrogens is 202 g/mol. The molecule has 0 N–H and O–H groups in total. The van der Waals surface area contributed by atoms with Gasteiger partial charge in [-0.05, 0) is 24.6 Å². The summed E-state index contributed by atoms with van der Waals surface area (Å²) in [6.07, 6.45) is 2.29. The zero-order chi connectivity index (χ0) is 10.4. The maximum atomic E-state index is 4.71. The summed E-state index contributed by atoms with van der Waals surface area (Å²) in [6.45, 7) is 2.14. The SMILES string of the molecule is CC1=Nc2c(ccc3ccccc23)[SH]1C. The minimum atomic E-state index is -0.165. The van der Waals surface area contributed by atoms with Crippen molar-refractivity contribution in [2.24, 2.45) is 4.99 Å². The lowest BCUT2D eigenvalue weighted by molar-refractivity contribution is 1.44. The molecule has 0 fully saturated rings. The Bertz CT molecular complexity index is 572. The second kappa shape index (κ2) is 3.11. The van der Waals surface area contributed by atoms with Gasteiger partial charge < -0.3 is 0 Å². The average molecular weight is 215 g/mol. The van der Waals surface area contributed by atoms with Crippen LogP contribution < -0.4 is 0 Å². The smallest absolute Gasteiger partial charge is 0.0838 e. The molecule has 1 aliphatic heterocycles. The Morgan fingerprint density at radius 3 is 2.73 bits per heavy atom. The highest BCUT2D eigenvalue weighted by Gasteiger charge is 2.18. The fraction of sp³-hybridized carbons (Fsp3) is 0.154. The highest BCUT2D eigenvalue weighted by molar-refractivity contribution is 8.29. The Kier molecular flexibility index (Phi) is 1.86. The number of benzene rings is 2. The Balaban J connectivity index is 2.41. The van der Waals surface area contributed by atoms with Crippen molar-refractivity contribution >= 4 is 32.4 Å². The minimum absolute atomic E-state index is 0.165. The van der Waals surface area contributed by atoms with Gasteiger partial charge in [-0.1, -0.05) is 30.3 Å². The fourth-order valence-electron chi connectivity index (χ4n) is 2.04. The predicted molar refractivity (Wildman–Crippen MR) is 69.9 cm³/mol. The average Bonchev–Trinajstić information content (AvgIpc) is 2.56. The maximum Gasteiger partial charge on any atom is 0.0838 e. The molecule has 76 valence electrons. The number of hydrogen-bond donors (Lipinski definition) is 1. The third-order valence-corrected chi connectivity index (χ3v) is 5.15. The molecule has 0 aliphatic carbocycles. The summed E-state index contributed by atoms with van der Waals surface area (Å²) in [5.41, 5.74) is 1.21. The van der Waals surface area contributed by atoms with Crippen LogP contribution in [0.2, 0.25) is 0 Å². The molecular formula is C13H13NS. The summed E-state index contributed by atoms with van der Waals surface area (Å²) < 4.78 is 0. The Labute approximate surface area is 92.2 Å².